The summed E-state index contributed by atoms with van der Waals surface area (Å²) in [5, 5.41) is 0. The van der Waals surface area contributed by atoms with Gasteiger partial charge in [-0.3, -0.25) is 9.36 Å². The van der Waals surface area contributed by atoms with E-state index in [2.05, 4.69) is 20.9 Å². The molecule has 23 heavy (non-hydrogen) atoms. The number of nitrogens with zero attached hydrogens (tertiary/aromatic N) is 3. The SMILES string of the molecule is CCOC(=O)Cn1c(=O)n(-c2ccc(Br)cn2)c2ccccc21. The summed E-state index contributed by atoms with van der Waals surface area (Å²) in [5.74, 6) is 0.0540. The Morgan fingerprint density at radius 2 is 1.96 bits per heavy atom. The lowest BCUT2D eigenvalue weighted by atomic mass is 10.3. The molecule has 6 nitrogen and oxygen atoms in total. The number of benzene rings is 1. The minimum atomic E-state index is -0.443. The zero-order chi connectivity index (χ0) is 16.4. The van der Waals surface area contributed by atoms with Gasteiger partial charge in [-0.1, -0.05) is 12.1 Å². The number of imidazole rings is 1. The highest BCUT2D eigenvalue weighted by molar-refractivity contribution is 9.10. The highest BCUT2D eigenvalue weighted by Crippen LogP contribution is 2.17. The first-order valence-electron chi connectivity index (χ1n) is 7.09. The summed E-state index contributed by atoms with van der Waals surface area (Å²) in [6.07, 6.45) is 1.62. The zero-order valence-corrected chi connectivity index (χ0v) is 14.0. The van der Waals surface area contributed by atoms with Crippen LogP contribution in [0.15, 0.2) is 51.9 Å². The van der Waals surface area contributed by atoms with E-state index in [1.54, 1.807) is 25.3 Å². The van der Waals surface area contributed by atoms with Gasteiger partial charge in [0, 0.05) is 10.7 Å². The molecule has 0 spiro atoms. The first-order chi connectivity index (χ1) is 11.1. The van der Waals surface area contributed by atoms with Crippen LogP contribution >= 0.6 is 15.9 Å². The Hall–Kier alpha value is -2.41. The molecule has 0 saturated heterocycles. The predicted octanol–water partition coefficient (Wildman–Crippen LogP) is 2.51. The third-order valence-electron chi connectivity index (χ3n) is 3.37. The number of esters is 1. The second-order valence-electron chi connectivity index (χ2n) is 4.83. The maximum Gasteiger partial charge on any atom is 0.335 e. The average molecular weight is 376 g/mol. The van der Waals surface area contributed by atoms with Crippen LogP contribution in [0.3, 0.4) is 0 Å². The molecule has 0 aliphatic heterocycles. The van der Waals surface area contributed by atoms with Gasteiger partial charge in [0.25, 0.3) is 0 Å². The number of halogens is 1. The van der Waals surface area contributed by atoms with E-state index in [0.717, 1.165) is 4.47 Å². The lowest BCUT2D eigenvalue weighted by molar-refractivity contribution is -0.143. The number of para-hydroxylation sites is 2. The quantitative estimate of drug-likeness (QED) is 0.657. The van der Waals surface area contributed by atoms with E-state index in [4.69, 9.17) is 4.74 Å². The summed E-state index contributed by atoms with van der Waals surface area (Å²) in [7, 11) is 0. The molecule has 0 fully saturated rings. The largest absolute Gasteiger partial charge is 0.465 e. The van der Waals surface area contributed by atoms with Crippen LogP contribution in [0.25, 0.3) is 16.9 Å². The summed E-state index contributed by atoms with van der Waals surface area (Å²) in [4.78, 5) is 28.8. The predicted molar refractivity (Wildman–Crippen MR) is 89.7 cm³/mol. The van der Waals surface area contributed by atoms with Crippen molar-refractivity contribution < 1.29 is 9.53 Å². The smallest absolute Gasteiger partial charge is 0.335 e. The molecule has 0 radical (unpaired) electrons. The van der Waals surface area contributed by atoms with Gasteiger partial charge in [-0.25, -0.2) is 14.3 Å². The topological polar surface area (TPSA) is 66.1 Å². The minimum Gasteiger partial charge on any atom is -0.465 e. The van der Waals surface area contributed by atoms with Crippen LogP contribution in [0.5, 0.6) is 0 Å². The van der Waals surface area contributed by atoms with E-state index in [1.165, 1.54) is 9.13 Å². The van der Waals surface area contributed by atoms with Crippen molar-refractivity contribution >= 4 is 32.9 Å². The van der Waals surface area contributed by atoms with Crippen molar-refractivity contribution in [2.45, 2.75) is 13.5 Å². The van der Waals surface area contributed by atoms with E-state index >= 15 is 0 Å². The number of rotatable bonds is 4. The molecule has 0 amide bonds. The third-order valence-corrected chi connectivity index (χ3v) is 3.84. The van der Waals surface area contributed by atoms with Crippen molar-refractivity contribution in [2.75, 3.05) is 6.61 Å². The van der Waals surface area contributed by atoms with Crippen LogP contribution < -0.4 is 5.69 Å². The number of hydrogen-bond donors (Lipinski definition) is 0. The second-order valence-corrected chi connectivity index (χ2v) is 5.75. The number of carbonyl (C=O) groups excluding carboxylic acids is 1. The molecule has 0 saturated carbocycles. The van der Waals surface area contributed by atoms with Gasteiger partial charge < -0.3 is 4.74 Å². The molecule has 0 N–H and O–H groups in total. The normalized spacial score (nSPS) is 10.9. The van der Waals surface area contributed by atoms with Crippen LogP contribution in [-0.4, -0.2) is 26.7 Å². The molecule has 2 heterocycles. The maximum atomic E-state index is 12.8. The third kappa shape index (κ3) is 2.92. The van der Waals surface area contributed by atoms with Crippen LogP contribution in [0.2, 0.25) is 0 Å². The number of hydrogen-bond acceptors (Lipinski definition) is 4. The molecular weight excluding hydrogens is 362 g/mol. The van der Waals surface area contributed by atoms with E-state index in [-0.39, 0.29) is 18.8 Å². The summed E-state index contributed by atoms with van der Waals surface area (Å²) >= 11 is 3.33. The molecule has 3 aromatic rings. The zero-order valence-electron chi connectivity index (χ0n) is 12.4. The molecule has 2 aromatic heterocycles. The minimum absolute atomic E-state index is 0.128. The molecular formula is C16H14BrN3O3. The molecule has 0 unspecified atom stereocenters. The van der Waals surface area contributed by atoms with Crippen molar-refractivity contribution in [3.63, 3.8) is 0 Å². The molecule has 0 bridgehead atoms. The monoisotopic (exact) mass is 375 g/mol. The van der Waals surface area contributed by atoms with Crippen molar-refractivity contribution in [2.24, 2.45) is 0 Å². The van der Waals surface area contributed by atoms with E-state index in [1.807, 2.05) is 24.3 Å². The van der Waals surface area contributed by atoms with Gasteiger partial charge in [0.15, 0.2) is 0 Å². The molecule has 7 heteroatoms. The Morgan fingerprint density at radius 3 is 2.61 bits per heavy atom. The first kappa shape index (κ1) is 15.5. The van der Waals surface area contributed by atoms with Crippen LogP contribution in [0, 0.1) is 0 Å². The van der Waals surface area contributed by atoms with Gasteiger partial charge in [0.2, 0.25) is 0 Å². The fourth-order valence-electron chi connectivity index (χ4n) is 2.42. The molecule has 118 valence electrons. The van der Waals surface area contributed by atoms with Crippen molar-refractivity contribution in [3.8, 4) is 5.82 Å². The summed E-state index contributed by atoms with van der Waals surface area (Å²) < 4.78 is 8.66. The van der Waals surface area contributed by atoms with Gasteiger partial charge in [-0.05, 0) is 47.1 Å². The highest BCUT2D eigenvalue weighted by atomic mass is 79.9. The lowest BCUT2D eigenvalue weighted by Crippen LogP contribution is -2.27. The van der Waals surface area contributed by atoms with E-state index in [9.17, 15) is 9.59 Å². The van der Waals surface area contributed by atoms with Gasteiger partial charge >= 0.3 is 11.7 Å². The molecule has 1 aromatic carbocycles. The summed E-state index contributed by atoms with van der Waals surface area (Å²) in [6, 6.07) is 10.8. The Kier molecular flexibility index (Phi) is 4.29. The van der Waals surface area contributed by atoms with Crippen LogP contribution in [0.1, 0.15) is 6.92 Å². The van der Waals surface area contributed by atoms with Crippen molar-refractivity contribution in [1.82, 2.24) is 14.1 Å². The lowest BCUT2D eigenvalue weighted by Gasteiger charge is -2.03. The fraction of sp³-hybridized carbons (Fsp3) is 0.188. The van der Waals surface area contributed by atoms with Gasteiger partial charge in [0.1, 0.15) is 12.4 Å². The van der Waals surface area contributed by atoms with Crippen LogP contribution in [-0.2, 0) is 16.1 Å². The number of aromatic nitrogens is 3. The van der Waals surface area contributed by atoms with Gasteiger partial charge in [0.05, 0.1) is 17.6 Å². The number of ether oxygens (including phenoxy) is 1. The first-order valence-corrected chi connectivity index (χ1v) is 7.89. The number of carbonyl (C=O) groups is 1. The summed E-state index contributed by atoms with van der Waals surface area (Å²) in [6.45, 7) is 1.88. The summed E-state index contributed by atoms with van der Waals surface area (Å²) in [5.41, 5.74) is 1.03. The molecule has 0 aliphatic carbocycles. The van der Waals surface area contributed by atoms with Crippen molar-refractivity contribution in [1.29, 1.82) is 0 Å². The molecule has 0 atom stereocenters. The number of pyridine rings is 1. The average Bonchev–Trinajstić information content (AvgIpc) is 2.81. The van der Waals surface area contributed by atoms with E-state index in [0.29, 0.717) is 16.9 Å². The standard InChI is InChI=1S/C16H14BrN3O3/c1-2-23-15(21)10-19-12-5-3-4-6-13(12)20(16(19)22)14-8-7-11(17)9-18-14/h3-9H,2,10H2,1H3. The second kappa shape index (κ2) is 6.37. The van der Waals surface area contributed by atoms with E-state index < -0.39 is 5.97 Å². The maximum absolute atomic E-state index is 12.8. The Labute approximate surface area is 140 Å². The van der Waals surface area contributed by atoms with Crippen LogP contribution in [0.4, 0.5) is 0 Å². The Bertz CT molecular complexity index is 912. The van der Waals surface area contributed by atoms with Gasteiger partial charge in [-0.2, -0.15) is 0 Å². The van der Waals surface area contributed by atoms with Crippen molar-refractivity contribution in [3.05, 3.63) is 57.6 Å². The molecule has 3 rings (SSSR count). The Balaban J connectivity index is 2.19. The number of fused-ring (bicyclic) bond motifs is 1. The fourth-order valence-corrected chi connectivity index (χ4v) is 2.65. The highest BCUT2D eigenvalue weighted by Gasteiger charge is 2.17. The van der Waals surface area contributed by atoms with Gasteiger partial charge in [-0.15, -0.1) is 0 Å². The molecule has 0 aliphatic rings. The Morgan fingerprint density at radius 1 is 1.22 bits per heavy atom.